The summed E-state index contributed by atoms with van der Waals surface area (Å²) in [6, 6.07) is 1.52. The number of ether oxygens (including phenoxy) is 3. The second-order valence-corrected chi connectivity index (χ2v) is 3.28. The Bertz CT molecular complexity index is 323. The molecule has 0 aliphatic rings. The molecule has 0 atom stereocenters. The third kappa shape index (κ3) is 5.64. The standard InChI is InChI=1S/C10H16BNO5/c1-15-2-3-16-4-5-17-10-6-9(11(13)14)7-12-8-10/h6-8,13-14H,2-5H2,1H3. The SMILES string of the molecule is COCCOCCOc1cncc(B(O)O)c1. The number of nitrogens with zero attached hydrogens (tertiary/aromatic N) is 1. The van der Waals surface area contributed by atoms with Crippen molar-refractivity contribution in [2.75, 3.05) is 33.5 Å². The minimum Gasteiger partial charge on any atom is -0.490 e. The van der Waals surface area contributed by atoms with E-state index in [-0.39, 0.29) is 0 Å². The van der Waals surface area contributed by atoms with Crippen molar-refractivity contribution in [3.05, 3.63) is 18.5 Å². The molecule has 1 aromatic heterocycles. The topological polar surface area (TPSA) is 81.0 Å². The summed E-state index contributed by atoms with van der Waals surface area (Å²) in [7, 11) is 0.0704. The molecule has 0 aromatic carbocycles. The molecule has 2 N–H and O–H groups in total. The highest BCUT2D eigenvalue weighted by molar-refractivity contribution is 6.58. The van der Waals surface area contributed by atoms with Crippen molar-refractivity contribution in [1.29, 1.82) is 0 Å². The van der Waals surface area contributed by atoms with Crippen LogP contribution in [0.5, 0.6) is 5.75 Å². The van der Waals surface area contributed by atoms with Crippen molar-refractivity contribution in [1.82, 2.24) is 4.98 Å². The van der Waals surface area contributed by atoms with Crippen LogP contribution in [-0.2, 0) is 9.47 Å². The first kappa shape index (κ1) is 13.9. The molecular weight excluding hydrogens is 225 g/mol. The number of pyridine rings is 1. The molecule has 0 saturated heterocycles. The Balaban J connectivity index is 2.24. The lowest BCUT2D eigenvalue weighted by atomic mass is 9.82. The van der Waals surface area contributed by atoms with E-state index in [2.05, 4.69) is 4.98 Å². The van der Waals surface area contributed by atoms with Crippen molar-refractivity contribution in [3.8, 4) is 5.75 Å². The summed E-state index contributed by atoms with van der Waals surface area (Å²) in [4.78, 5) is 3.83. The molecule has 0 fully saturated rings. The van der Waals surface area contributed by atoms with Gasteiger partial charge in [-0.15, -0.1) is 0 Å². The Morgan fingerprint density at radius 2 is 1.94 bits per heavy atom. The van der Waals surface area contributed by atoms with Crippen molar-refractivity contribution in [3.63, 3.8) is 0 Å². The Morgan fingerprint density at radius 1 is 1.18 bits per heavy atom. The van der Waals surface area contributed by atoms with Crippen LogP contribution in [0.3, 0.4) is 0 Å². The first-order valence-electron chi connectivity index (χ1n) is 5.24. The maximum absolute atomic E-state index is 8.94. The average Bonchev–Trinajstić information content (AvgIpc) is 2.34. The summed E-state index contributed by atoms with van der Waals surface area (Å²) < 4.78 is 15.3. The lowest BCUT2D eigenvalue weighted by Gasteiger charge is -2.07. The van der Waals surface area contributed by atoms with E-state index >= 15 is 0 Å². The Morgan fingerprint density at radius 3 is 2.65 bits per heavy atom. The van der Waals surface area contributed by atoms with E-state index in [0.717, 1.165) is 0 Å². The molecule has 1 rings (SSSR count). The first-order valence-corrected chi connectivity index (χ1v) is 5.24. The van der Waals surface area contributed by atoms with Gasteiger partial charge in [0.05, 0.1) is 26.0 Å². The van der Waals surface area contributed by atoms with E-state index in [9.17, 15) is 0 Å². The molecule has 6 nitrogen and oxygen atoms in total. The average molecular weight is 241 g/mol. The second-order valence-electron chi connectivity index (χ2n) is 3.28. The highest BCUT2D eigenvalue weighted by Gasteiger charge is 2.11. The molecule has 0 aliphatic carbocycles. The van der Waals surface area contributed by atoms with Crippen LogP contribution in [-0.4, -0.2) is 55.7 Å². The van der Waals surface area contributed by atoms with Gasteiger partial charge in [-0.2, -0.15) is 0 Å². The van der Waals surface area contributed by atoms with Gasteiger partial charge in [0.15, 0.2) is 0 Å². The summed E-state index contributed by atoms with van der Waals surface area (Å²) in [6.45, 7) is 1.88. The fourth-order valence-corrected chi connectivity index (χ4v) is 1.12. The molecule has 94 valence electrons. The quantitative estimate of drug-likeness (QED) is 0.439. The Labute approximate surface area is 100 Å². The van der Waals surface area contributed by atoms with Gasteiger partial charge < -0.3 is 24.3 Å². The number of hydrogen-bond acceptors (Lipinski definition) is 6. The molecular formula is C10H16BNO5. The van der Waals surface area contributed by atoms with Gasteiger partial charge in [0.25, 0.3) is 0 Å². The zero-order valence-electron chi connectivity index (χ0n) is 9.70. The molecule has 0 amide bonds. The molecule has 1 aromatic rings. The summed E-state index contributed by atoms with van der Waals surface area (Å²) in [5.41, 5.74) is 0.294. The monoisotopic (exact) mass is 241 g/mol. The molecule has 0 spiro atoms. The van der Waals surface area contributed by atoms with Crippen LogP contribution < -0.4 is 10.2 Å². The van der Waals surface area contributed by atoms with Crippen LogP contribution >= 0.6 is 0 Å². The molecule has 0 saturated carbocycles. The van der Waals surface area contributed by atoms with Crippen LogP contribution in [0.4, 0.5) is 0 Å². The Kier molecular flexibility index (Phi) is 6.57. The van der Waals surface area contributed by atoms with Gasteiger partial charge in [-0.3, -0.25) is 4.98 Å². The predicted molar refractivity (Wildman–Crippen MR) is 62.3 cm³/mol. The van der Waals surface area contributed by atoms with Gasteiger partial charge in [-0.25, -0.2) is 0 Å². The van der Waals surface area contributed by atoms with Crippen LogP contribution in [0.1, 0.15) is 0 Å². The highest BCUT2D eigenvalue weighted by Crippen LogP contribution is 2.04. The van der Waals surface area contributed by atoms with E-state index in [0.29, 0.717) is 37.6 Å². The molecule has 1 heterocycles. The van der Waals surface area contributed by atoms with Crippen LogP contribution in [0.2, 0.25) is 0 Å². The minimum atomic E-state index is -1.54. The molecule has 0 unspecified atom stereocenters. The maximum Gasteiger partial charge on any atom is 0.490 e. The van der Waals surface area contributed by atoms with Gasteiger partial charge in [0.2, 0.25) is 0 Å². The maximum atomic E-state index is 8.94. The molecule has 7 heteroatoms. The molecule has 0 radical (unpaired) electrons. The number of hydrogen-bond donors (Lipinski definition) is 2. The van der Waals surface area contributed by atoms with Gasteiger partial charge >= 0.3 is 7.12 Å². The fraction of sp³-hybridized carbons (Fsp3) is 0.500. The fourth-order valence-electron chi connectivity index (χ4n) is 1.12. The van der Waals surface area contributed by atoms with Gasteiger partial charge in [0.1, 0.15) is 12.4 Å². The molecule has 0 aliphatic heterocycles. The zero-order chi connectivity index (χ0) is 12.5. The van der Waals surface area contributed by atoms with Gasteiger partial charge in [0, 0.05) is 18.8 Å². The largest absolute Gasteiger partial charge is 0.490 e. The summed E-state index contributed by atoms with van der Waals surface area (Å²) in [5.74, 6) is 0.478. The van der Waals surface area contributed by atoms with Crippen molar-refractivity contribution >= 4 is 12.6 Å². The van der Waals surface area contributed by atoms with E-state index in [4.69, 9.17) is 24.3 Å². The third-order valence-corrected chi connectivity index (χ3v) is 1.96. The van der Waals surface area contributed by atoms with Gasteiger partial charge in [-0.1, -0.05) is 0 Å². The number of rotatable bonds is 8. The molecule has 0 bridgehead atoms. The number of methoxy groups -OCH3 is 1. The van der Waals surface area contributed by atoms with Crippen molar-refractivity contribution in [2.24, 2.45) is 0 Å². The van der Waals surface area contributed by atoms with Crippen molar-refractivity contribution in [2.45, 2.75) is 0 Å². The third-order valence-electron chi connectivity index (χ3n) is 1.96. The smallest absolute Gasteiger partial charge is 0.490 e. The van der Waals surface area contributed by atoms with Crippen molar-refractivity contribution < 1.29 is 24.3 Å². The summed E-state index contributed by atoms with van der Waals surface area (Å²) >= 11 is 0. The van der Waals surface area contributed by atoms with Crippen LogP contribution in [0.25, 0.3) is 0 Å². The lowest BCUT2D eigenvalue weighted by Crippen LogP contribution is -2.30. The second kappa shape index (κ2) is 8.02. The summed E-state index contributed by atoms with van der Waals surface area (Å²) in [5, 5.41) is 17.9. The zero-order valence-corrected chi connectivity index (χ0v) is 9.70. The van der Waals surface area contributed by atoms with E-state index in [1.807, 2.05) is 0 Å². The predicted octanol–water partition coefficient (Wildman–Crippen LogP) is -1.20. The molecule has 17 heavy (non-hydrogen) atoms. The van der Waals surface area contributed by atoms with E-state index < -0.39 is 7.12 Å². The Hall–Kier alpha value is -1.15. The summed E-state index contributed by atoms with van der Waals surface area (Å²) in [6.07, 6.45) is 2.87. The highest BCUT2D eigenvalue weighted by atomic mass is 16.5. The first-order chi connectivity index (χ1) is 8.24. The minimum absolute atomic E-state index is 0.294. The van der Waals surface area contributed by atoms with Gasteiger partial charge in [-0.05, 0) is 6.07 Å². The normalized spacial score (nSPS) is 10.3. The van der Waals surface area contributed by atoms with Crippen LogP contribution in [0, 0.1) is 0 Å². The van der Waals surface area contributed by atoms with E-state index in [1.165, 1.54) is 18.5 Å². The van der Waals surface area contributed by atoms with E-state index in [1.54, 1.807) is 7.11 Å². The lowest BCUT2D eigenvalue weighted by molar-refractivity contribution is 0.0544. The van der Waals surface area contributed by atoms with Crippen LogP contribution in [0.15, 0.2) is 18.5 Å². The number of aromatic nitrogens is 1.